The third-order valence-electron chi connectivity index (χ3n) is 3.58. The molecule has 0 spiro atoms. The minimum absolute atomic E-state index is 0.590. The van der Waals surface area contributed by atoms with Gasteiger partial charge in [0.15, 0.2) is 5.75 Å². The van der Waals surface area contributed by atoms with Gasteiger partial charge in [-0.25, -0.2) is 9.97 Å². The number of nitrogens with one attached hydrogen (secondary N) is 1. The van der Waals surface area contributed by atoms with Crippen LogP contribution in [0.3, 0.4) is 0 Å². The summed E-state index contributed by atoms with van der Waals surface area (Å²) >= 11 is 4.92. The van der Waals surface area contributed by atoms with Crippen molar-refractivity contribution in [2.45, 2.75) is 13.3 Å². The lowest BCUT2D eigenvalue weighted by atomic mass is 10.1. The molecule has 0 atom stereocenters. The summed E-state index contributed by atoms with van der Waals surface area (Å²) in [6.45, 7) is 3.33. The van der Waals surface area contributed by atoms with Crippen molar-refractivity contribution in [3.8, 4) is 16.3 Å². The number of halogens is 1. The van der Waals surface area contributed by atoms with Gasteiger partial charge in [0.25, 0.3) is 0 Å². The number of aromatic nitrogens is 2. The van der Waals surface area contributed by atoms with Crippen LogP contribution >= 0.6 is 27.3 Å². The SMILES string of the molecule is CCOc1cc(-c2cc(NCCc3ccc(Br)cc3)ncn2)sc1N. The van der Waals surface area contributed by atoms with Crippen LogP contribution in [0, 0.1) is 0 Å². The Morgan fingerprint density at radius 2 is 2.00 bits per heavy atom. The smallest absolute Gasteiger partial charge is 0.154 e. The van der Waals surface area contributed by atoms with Gasteiger partial charge in [-0.3, -0.25) is 0 Å². The molecule has 0 aliphatic carbocycles. The fourth-order valence-electron chi connectivity index (χ4n) is 2.36. The largest absolute Gasteiger partial charge is 0.491 e. The van der Waals surface area contributed by atoms with E-state index in [-0.39, 0.29) is 0 Å². The first kappa shape index (κ1) is 17.7. The lowest BCUT2D eigenvalue weighted by molar-refractivity contribution is 0.343. The second-order valence-electron chi connectivity index (χ2n) is 5.36. The maximum Gasteiger partial charge on any atom is 0.154 e. The van der Waals surface area contributed by atoms with Gasteiger partial charge in [-0.1, -0.05) is 28.1 Å². The fourth-order valence-corrected chi connectivity index (χ4v) is 3.46. The third-order valence-corrected chi connectivity index (χ3v) is 5.07. The van der Waals surface area contributed by atoms with Gasteiger partial charge in [-0.05, 0) is 31.0 Å². The van der Waals surface area contributed by atoms with E-state index < -0.39 is 0 Å². The van der Waals surface area contributed by atoms with E-state index in [4.69, 9.17) is 10.5 Å². The highest BCUT2D eigenvalue weighted by molar-refractivity contribution is 9.10. The summed E-state index contributed by atoms with van der Waals surface area (Å²) in [5, 5.41) is 4.01. The van der Waals surface area contributed by atoms with Crippen LogP contribution in [0.1, 0.15) is 12.5 Å². The zero-order chi connectivity index (χ0) is 17.6. The molecular formula is C18H19BrN4OS. The predicted octanol–water partition coefficient (Wildman–Crippen LogP) is 4.60. The Hall–Kier alpha value is -2.12. The first-order valence-electron chi connectivity index (χ1n) is 7.98. The molecule has 0 aliphatic heterocycles. The van der Waals surface area contributed by atoms with Crippen molar-refractivity contribution in [1.29, 1.82) is 0 Å². The Morgan fingerprint density at radius 1 is 1.20 bits per heavy atom. The molecule has 5 nitrogen and oxygen atoms in total. The van der Waals surface area contributed by atoms with Crippen LogP contribution in [0.2, 0.25) is 0 Å². The molecule has 7 heteroatoms. The Morgan fingerprint density at radius 3 is 2.76 bits per heavy atom. The summed E-state index contributed by atoms with van der Waals surface area (Å²) in [6, 6.07) is 12.2. The first-order chi connectivity index (χ1) is 12.2. The van der Waals surface area contributed by atoms with Crippen LogP contribution < -0.4 is 15.8 Å². The third kappa shape index (κ3) is 4.70. The molecule has 0 radical (unpaired) electrons. The topological polar surface area (TPSA) is 73.1 Å². The molecule has 3 N–H and O–H groups in total. The van der Waals surface area contributed by atoms with Crippen molar-refractivity contribution >= 4 is 38.1 Å². The quantitative estimate of drug-likeness (QED) is 0.586. The number of hydrogen-bond acceptors (Lipinski definition) is 6. The molecule has 0 saturated heterocycles. The van der Waals surface area contributed by atoms with E-state index in [9.17, 15) is 0 Å². The van der Waals surface area contributed by atoms with Gasteiger partial charge < -0.3 is 15.8 Å². The van der Waals surface area contributed by atoms with E-state index >= 15 is 0 Å². The van der Waals surface area contributed by atoms with Gasteiger partial charge >= 0.3 is 0 Å². The molecule has 2 heterocycles. The molecule has 0 bridgehead atoms. The zero-order valence-corrected chi connectivity index (χ0v) is 16.2. The van der Waals surface area contributed by atoms with Crippen molar-refractivity contribution in [1.82, 2.24) is 9.97 Å². The number of nitrogen functional groups attached to an aromatic ring is 1. The van der Waals surface area contributed by atoms with Crippen LogP contribution in [0.25, 0.3) is 10.6 Å². The van der Waals surface area contributed by atoms with Gasteiger partial charge in [0.2, 0.25) is 0 Å². The molecule has 0 aliphatic rings. The average Bonchev–Trinajstić information content (AvgIpc) is 2.98. The Labute approximate surface area is 159 Å². The lowest BCUT2D eigenvalue weighted by Gasteiger charge is -2.06. The van der Waals surface area contributed by atoms with Crippen molar-refractivity contribution in [3.05, 3.63) is 52.8 Å². The highest BCUT2D eigenvalue weighted by Gasteiger charge is 2.10. The summed E-state index contributed by atoms with van der Waals surface area (Å²) < 4.78 is 6.60. The summed E-state index contributed by atoms with van der Waals surface area (Å²) in [5.41, 5.74) is 8.10. The molecule has 25 heavy (non-hydrogen) atoms. The predicted molar refractivity (Wildman–Crippen MR) is 107 cm³/mol. The van der Waals surface area contributed by atoms with Gasteiger partial charge in [0.1, 0.15) is 17.1 Å². The summed E-state index contributed by atoms with van der Waals surface area (Å²) in [5.74, 6) is 1.51. The number of rotatable bonds is 7. The average molecular weight is 419 g/mol. The van der Waals surface area contributed by atoms with Crippen LogP contribution in [-0.4, -0.2) is 23.1 Å². The Balaban J connectivity index is 1.65. The molecular weight excluding hydrogens is 400 g/mol. The highest BCUT2D eigenvalue weighted by Crippen LogP contribution is 2.37. The monoisotopic (exact) mass is 418 g/mol. The van der Waals surface area contributed by atoms with E-state index in [1.807, 2.05) is 19.1 Å². The maximum atomic E-state index is 5.99. The summed E-state index contributed by atoms with van der Waals surface area (Å²) in [7, 11) is 0. The lowest BCUT2D eigenvalue weighted by Crippen LogP contribution is -2.06. The maximum absolute atomic E-state index is 5.99. The highest BCUT2D eigenvalue weighted by atomic mass is 79.9. The van der Waals surface area contributed by atoms with E-state index in [0.717, 1.165) is 33.8 Å². The normalized spacial score (nSPS) is 10.6. The van der Waals surface area contributed by atoms with E-state index in [0.29, 0.717) is 17.4 Å². The van der Waals surface area contributed by atoms with Gasteiger partial charge in [0, 0.05) is 23.2 Å². The van der Waals surface area contributed by atoms with Crippen LogP contribution in [0.5, 0.6) is 5.75 Å². The minimum Gasteiger partial charge on any atom is -0.491 e. The number of thiophene rings is 1. The molecule has 0 amide bonds. The molecule has 0 saturated carbocycles. The van der Waals surface area contributed by atoms with Gasteiger partial charge in [0.05, 0.1) is 17.2 Å². The van der Waals surface area contributed by atoms with Crippen LogP contribution in [0.4, 0.5) is 10.8 Å². The molecule has 3 rings (SSSR count). The Bertz CT molecular complexity index is 835. The van der Waals surface area contributed by atoms with Crippen LogP contribution in [-0.2, 0) is 6.42 Å². The van der Waals surface area contributed by atoms with Gasteiger partial charge in [-0.2, -0.15) is 0 Å². The number of nitrogens with zero attached hydrogens (tertiary/aromatic N) is 2. The number of ether oxygens (including phenoxy) is 1. The van der Waals surface area contributed by atoms with Gasteiger partial charge in [-0.15, -0.1) is 11.3 Å². The molecule has 2 aromatic heterocycles. The van der Waals surface area contributed by atoms with Crippen molar-refractivity contribution in [2.75, 3.05) is 24.2 Å². The molecule has 0 unspecified atom stereocenters. The van der Waals surface area contributed by atoms with Crippen molar-refractivity contribution in [3.63, 3.8) is 0 Å². The fraction of sp³-hybridized carbons (Fsp3) is 0.222. The van der Waals surface area contributed by atoms with E-state index in [2.05, 4.69) is 55.5 Å². The van der Waals surface area contributed by atoms with Crippen LogP contribution in [0.15, 0.2) is 47.2 Å². The molecule has 130 valence electrons. The Kier molecular flexibility index (Phi) is 5.88. The first-order valence-corrected chi connectivity index (χ1v) is 9.59. The number of hydrogen-bond donors (Lipinski definition) is 2. The van der Waals surface area contributed by atoms with E-state index in [1.165, 1.54) is 16.9 Å². The standard InChI is InChI=1S/C18H19BrN4OS/c1-2-24-15-10-16(25-18(15)20)14-9-17(23-11-22-14)21-8-7-12-3-5-13(19)6-4-12/h3-6,9-11H,2,7-8,20H2,1H3,(H,21,22,23). The zero-order valence-electron chi connectivity index (χ0n) is 13.8. The number of benzene rings is 1. The molecule has 1 aromatic carbocycles. The summed E-state index contributed by atoms with van der Waals surface area (Å²) in [4.78, 5) is 9.60. The number of anilines is 2. The van der Waals surface area contributed by atoms with Crippen molar-refractivity contribution in [2.24, 2.45) is 0 Å². The summed E-state index contributed by atoms with van der Waals surface area (Å²) in [6.07, 6.45) is 2.49. The minimum atomic E-state index is 0.590. The van der Waals surface area contributed by atoms with E-state index in [1.54, 1.807) is 6.33 Å². The molecule has 3 aromatic rings. The number of nitrogens with two attached hydrogens (primary N) is 1. The van der Waals surface area contributed by atoms with Crippen molar-refractivity contribution < 1.29 is 4.74 Å². The second kappa shape index (κ2) is 8.31. The molecule has 0 fully saturated rings. The second-order valence-corrected chi connectivity index (χ2v) is 7.36.